The van der Waals surface area contributed by atoms with Crippen LogP contribution in [0.2, 0.25) is 0 Å². The standard InChI is InChI=1S/C26H27NO4/c1-3-30-25(15-26(28)29)18-7-9-19(10-8-18)31-24-12-11-21-20(5-4-6-22(21)24)23-16-27-14-13-17(23)2/h4-10,13-14,16,24-25H,3,11-12,15H2,1-2H3,(H,28,29)/t24-,25+/m1/s1. The zero-order valence-corrected chi connectivity index (χ0v) is 17.9. The molecule has 5 heteroatoms. The largest absolute Gasteiger partial charge is 0.486 e. The van der Waals surface area contributed by atoms with Gasteiger partial charge in [-0.15, -0.1) is 0 Å². The highest BCUT2D eigenvalue weighted by atomic mass is 16.5. The van der Waals surface area contributed by atoms with Gasteiger partial charge in [0.05, 0.1) is 12.5 Å². The molecular formula is C26H27NO4. The van der Waals surface area contributed by atoms with Gasteiger partial charge in [-0.3, -0.25) is 9.78 Å². The summed E-state index contributed by atoms with van der Waals surface area (Å²) in [4.78, 5) is 15.4. The van der Waals surface area contributed by atoms with Crippen molar-refractivity contribution >= 4 is 5.97 Å². The minimum absolute atomic E-state index is 0.000476. The van der Waals surface area contributed by atoms with Crippen LogP contribution in [0.3, 0.4) is 0 Å². The maximum atomic E-state index is 11.1. The fourth-order valence-corrected chi connectivity index (χ4v) is 4.30. The Labute approximate surface area is 182 Å². The summed E-state index contributed by atoms with van der Waals surface area (Å²) in [6.07, 6.45) is 5.14. The quantitative estimate of drug-likeness (QED) is 0.511. The highest BCUT2D eigenvalue weighted by Crippen LogP contribution is 2.40. The smallest absolute Gasteiger partial charge is 0.306 e. The Balaban J connectivity index is 1.53. The number of aliphatic carboxylic acids is 1. The monoisotopic (exact) mass is 417 g/mol. The summed E-state index contributed by atoms with van der Waals surface area (Å²) in [5.74, 6) is -0.101. The third-order valence-corrected chi connectivity index (χ3v) is 5.80. The van der Waals surface area contributed by atoms with Crippen molar-refractivity contribution in [2.24, 2.45) is 0 Å². The van der Waals surface area contributed by atoms with E-state index in [0.29, 0.717) is 6.61 Å². The number of benzene rings is 2. The van der Waals surface area contributed by atoms with Crippen LogP contribution in [0.1, 0.15) is 54.2 Å². The first-order valence-electron chi connectivity index (χ1n) is 10.7. The van der Waals surface area contributed by atoms with Gasteiger partial charge in [-0.1, -0.05) is 30.3 Å². The summed E-state index contributed by atoms with van der Waals surface area (Å²) in [7, 11) is 0. The number of ether oxygens (including phenoxy) is 2. The highest BCUT2D eigenvalue weighted by molar-refractivity contribution is 5.72. The number of hydrogen-bond acceptors (Lipinski definition) is 4. The zero-order chi connectivity index (χ0) is 21.8. The number of rotatable bonds is 8. The fraction of sp³-hybridized carbons (Fsp3) is 0.308. The molecular weight excluding hydrogens is 390 g/mol. The fourth-order valence-electron chi connectivity index (χ4n) is 4.30. The Bertz CT molecular complexity index is 1060. The maximum Gasteiger partial charge on any atom is 0.306 e. The molecule has 0 unspecified atom stereocenters. The average Bonchev–Trinajstić information content (AvgIpc) is 3.17. The van der Waals surface area contributed by atoms with E-state index in [0.717, 1.165) is 24.2 Å². The van der Waals surface area contributed by atoms with E-state index < -0.39 is 12.1 Å². The Morgan fingerprint density at radius 3 is 2.68 bits per heavy atom. The summed E-state index contributed by atoms with van der Waals surface area (Å²) < 4.78 is 11.9. The lowest BCUT2D eigenvalue weighted by Gasteiger charge is -2.18. The number of carboxylic acids is 1. The minimum atomic E-state index is -0.874. The van der Waals surface area contributed by atoms with Crippen LogP contribution >= 0.6 is 0 Å². The molecule has 0 fully saturated rings. The Morgan fingerprint density at radius 1 is 1.16 bits per heavy atom. The topological polar surface area (TPSA) is 68.7 Å². The summed E-state index contributed by atoms with van der Waals surface area (Å²) in [6.45, 7) is 4.44. The summed E-state index contributed by atoms with van der Waals surface area (Å²) in [5, 5.41) is 9.12. The first kappa shape index (κ1) is 21.1. The average molecular weight is 418 g/mol. The molecule has 1 aliphatic carbocycles. The van der Waals surface area contributed by atoms with Crippen LogP contribution in [0.15, 0.2) is 60.9 Å². The summed E-state index contributed by atoms with van der Waals surface area (Å²) in [5.41, 5.74) is 7.02. The van der Waals surface area contributed by atoms with Crippen molar-refractivity contribution in [3.05, 3.63) is 83.2 Å². The van der Waals surface area contributed by atoms with Crippen LogP contribution < -0.4 is 4.74 Å². The van der Waals surface area contributed by atoms with Gasteiger partial charge in [0.1, 0.15) is 11.9 Å². The van der Waals surface area contributed by atoms with Crippen LogP contribution in [0.4, 0.5) is 0 Å². The SMILES string of the molecule is CCO[C@@H](CC(=O)O)c1ccc(O[C@@H]2CCc3c(-c4cnccc4C)cccc32)cc1. The Kier molecular flexibility index (Phi) is 6.33. The van der Waals surface area contributed by atoms with Crippen molar-refractivity contribution in [3.8, 4) is 16.9 Å². The van der Waals surface area contributed by atoms with Gasteiger partial charge in [0.25, 0.3) is 0 Å². The molecule has 3 aromatic rings. The number of aryl methyl sites for hydroxylation is 1. The number of carbonyl (C=O) groups is 1. The van der Waals surface area contributed by atoms with Gasteiger partial charge in [0.15, 0.2) is 0 Å². The van der Waals surface area contributed by atoms with E-state index >= 15 is 0 Å². The normalized spacial score (nSPS) is 16.0. The number of aromatic nitrogens is 1. The third kappa shape index (κ3) is 4.62. The molecule has 1 heterocycles. The lowest BCUT2D eigenvalue weighted by molar-refractivity contribution is -0.140. The predicted molar refractivity (Wildman–Crippen MR) is 119 cm³/mol. The van der Waals surface area contributed by atoms with Crippen molar-refractivity contribution in [2.75, 3.05) is 6.61 Å². The highest BCUT2D eigenvalue weighted by Gasteiger charge is 2.27. The van der Waals surface area contributed by atoms with Crippen molar-refractivity contribution < 1.29 is 19.4 Å². The van der Waals surface area contributed by atoms with E-state index in [2.05, 4.69) is 30.1 Å². The Morgan fingerprint density at radius 2 is 1.97 bits per heavy atom. The van der Waals surface area contributed by atoms with E-state index in [1.54, 1.807) is 0 Å². The van der Waals surface area contributed by atoms with Gasteiger partial charge < -0.3 is 14.6 Å². The van der Waals surface area contributed by atoms with Crippen molar-refractivity contribution in [1.29, 1.82) is 0 Å². The molecule has 1 aliphatic rings. The second-order valence-corrected chi connectivity index (χ2v) is 7.82. The number of carboxylic acid groups (broad SMARTS) is 1. The molecule has 2 atom stereocenters. The molecule has 0 spiro atoms. The summed E-state index contributed by atoms with van der Waals surface area (Å²) >= 11 is 0. The summed E-state index contributed by atoms with van der Waals surface area (Å²) in [6, 6.07) is 16.0. The molecule has 31 heavy (non-hydrogen) atoms. The number of hydrogen-bond donors (Lipinski definition) is 1. The van der Waals surface area contributed by atoms with Gasteiger partial charge in [0, 0.05) is 24.6 Å². The molecule has 0 radical (unpaired) electrons. The minimum Gasteiger partial charge on any atom is -0.486 e. The molecule has 160 valence electrons. The van der Waals surface area contributed by atoms with E-state index in [9.17, 15) is 4.79 Å². The first-order chi connectivity index (χ1) is 15.1. The third-order valence-electron chi connectivity index (χ3n) is 5.80. The van der Waals surface area contributed by atoms with Gasteiger partial charge in [-0.2, -0.15) is 0 Å². The van der Waals surface area contributed by atoms with Gasteiger partial charge in [-0.05, 0) is 72.7 Å². The second kappa shape index (κ2) is 9.31. The van der Waals surface area contributed by atoms with Crippen molar-refractivity contribution in [2.45, 2.75) is 45.3 Å². The molecule has 0 saturated carbocycles. The number of nitrogens with zero attached hydrogens (tertiary/aromatic N) is 1. The second-order valence-electron chi connectivity index (χ2n) is 7.82. The lowest BCUT2D eigenvalue weighted by atomic mass is 9.95. The van der Waals surface area contributed by atoms with E-state index in [4.69, 9.17) is 14.6 Å². The molecule has 0 bridgehead atoms. The van der Waals surface area contributed by atoms with E-state index in [1.807, 2.05) is 49.6 Å². The number of fused-ring (bicyclic) bond motifs is 1. The maximum absolute atomic E-state index is 11.1. The van der Waals surface area contributed by atoms with Crippen molar-refractivity contribution in [3.63, 3.8) is 0 Å². The molecule has 0 saturated heterocycles. The van der Waals surface area contributed by atoms with E-state index in [-0.39, 0.29) is 12.5 Å². The van der Waals surface area contributed by atoms with Crippen LogP contribution in [0.5, 0.6) is 5.75 Å². The Hall–Kier alpha value is -3.18. The molecule has 2 aromatic carbocycles. The van der Waals surface area contributed by atoms with E-state index in [1.165, 1.54) is 27.8 Å². The first-order valence-corrected chi connectivity index (χ1v) is 10.7. The molecule has 1 N–H and O–H groups in total. The molecule has 1 aromatic heterocycles. The van der Waals surface area contributed by atoms with Gasteiger partial charge >= 0.3 is 5.97 Å². The zero-order valence-electron chi connectivity index (χ0n) is 17.9. The lowest BCUT2D eigenvalue weighted by Crippen LogP contribution is -2.10. The predicted octanol–water partition coefficient (Wildman–Crippen LogP) is 5.68. The van der Waals surface area contributed by atoms with Crippen LogP contribution in [0, 0.1) is 6.92 Å². The van der Waals surface area contributed by atoms with Crippen molar-refractivity contribution in [1.82, 2.24) is 4.98 Å². The molecule has 4 rings (SSSR count). The molecule has 0 aliphatic heterocycles. The molecule has 0 amide bonds. The molecule has 5 nitrogen and oxygen atoms in total. The van der Waals surface area contributed by atoms with Crippen LogP contribution in [-0.2, 0) is 16.0 Å². The van der Waals surface area contributed by atoms with Gasteiger partial charge in [-0.25, -0.2) is 0 Å². The van der Waals surface area contributed by atoms with Gasteiger partial charge in [0.2, 0.25) is 0 Å². The van der Waals surface area contributed by atoms with Crippen LogP contribution in [0.25, 0.3) is 11.1 Å². The van der Waals surface area contributed by atoms with Crippen LogP contribution in [-0.4, -0.2) is 22.7 Å². The number of pyridine rings is 1.